The lowest BCUT2D eigenvalue weighted by Gasteiger charge is -2.41. The van der Waals surface area contributed by atoms with Gasteiger partial charge >= 0.3 is 0 Å². The Hall–Kier alpha value is -1.43. The summed E-state index contributed by atoms with van der Waals surface area (Å²) in [7, 11) is 0. The van der Waals surface area contributed by atoms with E-state index in [2.05, 4.69) is 0 Å². The number of fused-ring (bicyclic) bond motifs is 2. The lowest BCUT2D eigenvalue weighted by atomic mass is 9.93. The van der Waals surface area contributed by atoms with Crippen molar-refractivity contribution in [1.29, 1.82) is 0 Å². The summed E-state index contributed by atoms with van der Waals surface area (Å²) in [6.45, 7) is -0.301. The number of aliphatic hydroxyl groups is 4. The molecule has 9 nitrogen and oxygen atoms in total. The number of rotatable bonds is 6. The molecule has 9 atom stereocenters. The zero-order valence-electron chi connectivity index (χ0n) is 15.0. The van der Waals surface area contributed by atoms with Gasteiger partial charge in [0.15, 0.2) is 12.1 Å². The van der Waals surface area contributed by atoms with Crippen molar-refractivity contribution >= 4 is 5.78 Å². The smallest absolute Gasteiger partial charge is 0.187 e. The number of aliphatic hydroxyl groups excluding tert-OH is 4. The molecule has 3 saturated heterocycles. The van der Waals surface area contributed by atoms with Crippen molar-refractivity contribution in [3.05, 3.63) is 35.9 Å². The Morgan fingerprint density at radius 1 is 1.00 bits per heavy atom. The van der Waals surface area contributed by atoms with Gasteiger partial charge in [-0.2, -0.15) is 0 Å². The first-order chi connectivity index (χ1) is 13.5. The van der Waals surface area contributed by atoms with Crippen LogP contribution in [0.4, 0.5) is 0 Å². The molecule has 4 N–H and O–H groups in total. The zero-order valence-corrected chi connectivity index (χ0v) is 15.0. The molecule has 0 amide bonds. The van der Waals surface area contributed by atoms with Crippen molar-refractivity contribution in [2.45, 2.75) is 68.1 Å². The first kappa shape index (κ1) is 19.9. The Kier molecular flexibility index (Phi) is 5.77. The number of Topliss-reactive ketones (excluding diaryl/α,β-unsaturated/α-hetero) is 1. The number of hydrogen-bond acceptors (Lipinski definition) is 9. The maximum atomic E-state index is 12.1. The van der Waals surface area contributed by atoms with Crippen molar-refractivity contribution in [3.8, 4) is 0 Å². The van der Waals surface area contributed by atoms with E-state index in [-0.39, 0.29) is 18.8 Å². The maximum Gasteiger partial charge on any atom is 0.187 e. The molecule has 3 aliphatic heterocycles. The summed E-state index contributed by atoms with van der Waals surface area (Å²) in [5.41, 5.74) is 0.921. The molecular formula is C19H24O9. The van der Waals surface area contributed by atoms with E-state index in [1.807, 2.05) is 30.3 Å². The molecule has 3 heterocycles. The number of hydrogen-bond donors (Lipinski definition) is 4. The molecule has 0 spiro atoms. The van der Waals surface area contributed by atoms with E-state index in [0.717, 1.165) is 5.56 Å². The van der Waals surface area contributed by atoms with Gasteiger partial charge < -0.3 is 39.4 Å². The highest BCUT2D eigenvalue weighted by Crippen LogP contribution is 2.38. The Morgan fingerprint density at radius 3 is 2.46 bits per heavy atom. The maximum absolute atomic E-state index is 12.1. The Bertz CT molecular complexity index is 681. The fraction of sp³-hybridized carbons (Fsp3) is 0.632. The minimum absolute atomic E-state index is 0.0725. The molecule has 28 heavy (non-hydrogen) atoms. The lowest BCUT2D eigenvalue weighted by Crippen LogP contribution is -2.61. The second-order valence-electron chi connectivity index (χ2n) is 7.32. The van der Waals surface area contributed by atoms with Gasteiger partial charge in [-0.05, 0) is 5.56 Å². The SMILES string of the molecule is O=C1C[C@H]2O[C@@H]1[C@@H](OCc1ccccc1)[C@@H]2O[C@@H]1O[C@H](CO)[C@@H](O)[C@H](O)[C@H]1O. The van der Waals surface area contributed by atoms with E-state index in [4.69, 9.17) is 18.9 Å². The summed E-state index contributed by atoms with van der Waals surface area (Å²) in [4.78, 5) is 12.1. The summed E-state index contributed by atoms with van der Waals surface area (Å²) in [6, 6.07) is 9.43. The molecule has 0 radical (unpaired) electrons. The van der Waals surface area contributed by atoms with Gasteiger partial charge in [-0.1, -0.05) is 30.3 Å². The average Bonchev–Trinajstić information content (AvgIpc) is 3.24. The zero-order chi connectivity index (χ0) is 19.8. The van der Waals surface area contributed by atoms with Gasteiger partial charge in [-0.3, -0.25) is 4.79 Å². The van der Waals surface area contributed by atoms with Crippen LogP contribution in [0.15, 0.2) is 30.3 Å². The quantitative estimate of drug-likeness (QED) is 0.453. The monoisotopic (exact) mass is 396 g/mol. The van der Waals surface area contributed by atoms with Crippen LogP contribution in [0, 0.1) is 0 Å². The molecular weight excluding hydrogens is 372 g/mol. The minimum atomic E-state index is -1.54. The molecule has 1 aromatic carbocycles. The molecule has 3 fully saturated rings. The van der Waals surface area contributed by atoms with E-state index in [1.54, 1.807) is 0 Å². The third kappa shape index (κ3) is 3.60. The predicted molar refractivity (Wildman–Crippen MR) is 91.9 cm³/mol. The van der Waals surface area contributed by atoms with Gasteiger partial charge in [0, 0.05) is 6.42 Å². The number of ether oxygens (including phenoxy) is 4. The molecule has 1 aromatic rings. The van der Waals surface area contributed by atoms with Gasteiger partial charge in [-0.25, -0.2) is 0 Å². The Labute approximate surface area is 161 Å². The normalized spacial score (nSPS) is 42.9. The number of carbonyl (C=O) groups excluding carboxylic acids is 1. The minimum Gasteiger partial charge on any atom is -0.394 e. The van der Waals surface area contributed by atoms with Crippen LogP contribution < -0.4 is 0 Å². The fourth-order valence-corrected chi connectivity index (χ4v) is 3.91. The van der Waals surface area contributed by atoms with E-state index < -0.39 is 61.7 Å². The second-order valence-corrected chi connectivity index (χ2v) is 7.32. The third-order valence-electron chi connectivity index (χ3n) is 5.45. The fourth-order valence-electron chi connectivity index (χ4n) is 3.91. The van der Waals surface area contributed by atoms with Crippen LogP contribution in [-0.2, 0) is 30.3 Å². The van der Waals surface area contributed by atoms with E-state index in [9.17, 15) is 25.2 Å². The van der Waals surface area contributed by atoms with Crippen LogP contribution in [0.2, 0.25) is 0 Å². The van der Waals surface area contributed by atoms with Crippen LogP contribution in [0.1, 0.15) is 12.0 Å². The predicted octanol–water partition coefficient (Wildman–Crippen LogP) is -1.50. The van der Waals surface area contributed by atoms with Crippen molar-refractivity contribution in [2.24, 2.45) is 0 Å². The summed E-state index contributed by atoms with van der Waals surface area (Å²) in [6.07, 6.45) is -9.46. The van der Waals surface area contributed by atoms with Crippen molar-refractivity contribution < 1.29 is 44.2 Å². The van der Waals surface area contributed by atoms with E-state index >= 15 is 0 Å². The highest BCUT2D eigenvalue weighted by Gasteiger charge is 2.57. The van der Waals surface area contributed by atoms with E-state index in [0.29, 0.717) is 0 Å². The standard InChI is InChI=1S/C19H24O9/c20-7-12-13(22)14(23)15(24)19(27-12)28-17-11-6-10(21)16(26-11)18(17)25-8-9-4-2-1-3-5-9/h1-5,11-20,22-24H,6-8H2/t11-,12-,13-,14+,15-,16+,17-,18-,19+/m1/s1. The first-order valence-corrected chi connectivity index (χ1v) is 9.29. The van der Waals surface area contributed by atoms with E-state index in [1.165, 1.54) is 0 Å². The second kappa shape index (κ2) is 8.13. The molecule has 154 valence electrons. The molecule has 3 aliphatic rings. The number of carbonyl (C=O) groups is 1. The topological polar surface area (TPSA) is 135 Å². The van der Waals surface area contributed by atoms with Gasteiger partial charge in [0.2, 0.25) is 0 Å². The lowest BCUT2D eigenvalue weighted by molar-refractivity contribution is -0.319. The summed E-state index contributed by atoms with van der Waals surface area (Å²) in [5, 5.41) is 39.4. The summed E-state index contributed by atoms with van der Waals surface area (Å²) < 4.78 is 22.8. The molecule has 9 heteroatoms. The highest BCUT2D eigenvalue weighted by molar-refractivity contribution is 5.87. The van der Waals surface area contributed by atoms with Crippen molar-refractivity contribution in [1.82, 2.24) is 0 Å². The van der Waals surface area contributed by atoms with Crippen molar-refractivity contribution in [2.75, 3.05) is 6.61 Å². The van der Waals surface area contributed by atoms with Gasteiger partial charge in [0.1, 0.15) is 42.7 Å². The Morgan fingerprint density at radius 2 is 1.75 bits per heavy atom. The van der Waals surface area contributed by atoms with Crippen LogP contribution in [0.3, 0.4) is 0 Å². The largest absolute Gasteiger partial charge is 0.394 e. The number of benzene rings is 1. The highest BCUT2D eigenvalue weighted by atomic mass is 16.7. The van der Waals surface area contributed by atoms with Crippen molar-refractivity contribution in [3.63, 3.8) is 0 Å². The third-order valence-corrected chi connectivity index (χ3v) is 5.45. The van der Waals surface area contributed by atoms with Crippen LogP contribution >= 0.6 is 0 Å². The molecule has 2 bridgehead atoms. The average molecular weight is 396 g/mol. The van der Waals surface area contributed by atoms with Gasteiger partial charge in [-0.15, -0.1) is 0 Å². The molecule has 0 aromatic heterocycles. The Balaban J connectivity index is 1.46. The van der Waals surface area contributed by atoms with Crippen LogP contribution in [0.5, 0.6) is 0 Å². The first-order valence-electron chi connectivity index (χ1n) is 9.29. The van der Waals surface area contributed by atoms with Gasteiger partial charge in [0.25, 0.3) is 0 Å². The van der Waals surface area contributed by atoms with Gasteiger partial charge in [0.05, 0.1) is 19.3 Å². The number of ketones is 1. The molecule has 4 rings (SSSR count). The molecule has 0 saturated carbocycles. The molecule has 0 unspecified atom stereocenters. The molecule has 0 aliphatic carbocycles. The summed E-state index contributed by atoms with van der Waals surface area (Å²) >= 11 is 0. The summed E-state index contributed by atoms with van der Waals surface area (Å²) in [5.74, 6) is -0.0725. The van der Waals surface area contributed by atoms with Crippen LogP contribution in [-0.4, -0.2) is 87.9 Å². The van der Waals surface area contributed by atoms with Crippen LogP contribution in [0.25, 0.3) is 0 Å².